The molecule has 0 aliphatic rings. The topological polar surface area (TPSA) is 102 Å². The van der Waals surface area contributed by atoms with Crippen LogP contribution < -0.4 is 11.6 Å². The van der Waals surface area contributed by atoms with Crippen LogP contribution in [-0.2, 0) is 0 Å². The first-order valence-electron chi connectivity index (χ1n) is 3.90. The van der Waals surface area contributed by atoms with Gasteiger partial charge in [-0.25, -0.2) is 5.90 Å². The number of nitrogens with two attached hydrogens (primary N) is 2. The summed E-state index contributed by atoms with van der Waals surface area (Å²) in [7, 11) is 0. The standard InChI is InChI=1S/C5H5NO2.C2H6.C2H4.H3NO/c6-5(7)4-2-1-3-8-4;3*1-2/h1-3H,(H2,6,7);1-2H3;1-2H2;2H,1H2. The molecule has 5 nitrogen and oxygen atoms in total. The summed E-state index contributed by atoms with van der Waals surface area (Å²) in [5.41, 5.74) is 4.83. The molecule has 1 aromatic rings. The van der Waals surface area contributed by atoms with E-state index in [2.05, 4.69) is 23.5 Å². The Bertz CT molecular complexity index is 198. The van der Waals surface area contributed by atoms with E-state index in [4.69, 9.17) is 10.9 Å². The molecule has 1 heterocycles. The summed E-state index contributed by atoms with van der Waals surface area (Å²) in [5, 5.41) is 6.50. The maximum Gasteiger partial charge on any atom is 0.284 e. The molecule has 0 saturated heterocycles. The summed E-state index contributed by atoms with van der Waals surface area (Å²) in [6.45, 7) is 10.0. The van der Waals surface area contributed by atoms with Crippen LogP contribution in [0.2, 0.25) is 0 Å². The van der Waals surface area contributed by atoms with Crippen molar-refractivity contribution in [3.63, 3.8) is 0 Å². The fraction of sp³-hybridized carbons (Fsp3) is 0.222. The van der Waals surface area contributed by atoms with Gasteiger partial charge in [0.25, 0.3) is 5.91 Å². The van der Waals surface area contributed by atoms with E-state index in [1.165, 1.54) is 12.3 Å². The summed E-state index contributed by atoms with van der Waals surface area (Å²) in [5.74, 6) is 3.17. The van der Waals surface area contributed by atoms with Crippen molar-refractivity contribution in [2.75, 3.05) is 0 Å². The molecule has 1 aromatic heterocycles. The molecule has 0 spiro atoms. The molecule has 0 aromatic carbocycles. The molecule has 5 N–H and O–H groups in total. The van der Waals surface area contributed by atoms with Crippen LogP contribution in [0.3, 0.4) is 0 Å². The van der Waals surface area contributed by atoms with E-state index in [0.717, 1.165) is 0 Å². The van der Waals surface area contributed by atoms with Crippen LogP contribution >= 0.6 is 0 Å². The highest BCUT2D eigenvalue weighted by Crippen LogP contribution is 1.96. The minimum Gasteiger partial charge on any atom is -0.459 e. The molecule has 0 aliphatic carbocycles. The van der Waals surface area contributed by atoms with Gasteiger partial charge >= 0.3 is 0 Å². The molecule has 0 atom stereocenters. The zero-order valence-electron chi connectivity index (χ0n) is 8.56. The second kappa shape index (κ2) is 17.5. The fourth-order valence-corrected chi connectivity index (χ4v) is 0.419. The van der Waals surface area contributed by atoms with E-state index in [0.29, 0.717) is 0 Å². The van der Waals surface area contributed by atoms with E-state index in [1.807, 2.05) is 13.8 Å². The van der Waals surface area contributed by atoms with Crippen LogP contribution in [-0.4, -0.2) is 11.1 Å². The average molecular weight is 202 g/mol. The summed E-state index contributed by atoms with van der Waals surface area (Å²) in [4.78, 5) is 10.2. The van der Waals surface area contributed by atoms with E-state index in [-0.39, 0.29) is 5.76 Å². The van der Waals surface area contributed by atoms with Crippen molar-refractivity contribution in [2.45, 2.75) is 13.8 Å². The third kappa shape index (κ3) is 10.4. The van der Waals surface area contributed by atoms with Gasteiger partial charge in [0.2, 0.25) is 0 Å². The summed E-state index contributed by atoms with van der Waals surface area (Å²) >= 11 is 0. The number of primary amides is 1. The molecule has 0 unspecified atom stereocenters. The Hall–Kier alpha value is -1.59. The first-order chi connectivity index (χ1) is 6.80. The molecule has 82 valence electrons. The number of furan rings is 1. The molecule has 1 amide bonds. The lowest BCUT2D eigenvalue weighted by Crippen LogP contribution is -2.08. The highest BCUT2D eigenvalue weighted by molar-refractivity contribution is 5.89. The SMILES string of the molecule is C=C.CC.NC(=O)c1ccco1.NO. The number of carbonyl (C=O) groups excluding carboxylic acids is 1. The lowest BCUT2D eigenvalue weighted by atomic mass is 10.4. The van der Waals surface area contributed by atoms with Crippen LogP contribution in [0.15, 0.2) is 36.0 Å². The highest BCUT2D eigenvalue weighted by Gasteiger charge is 1.98. The second-order valence-electron chi connectivity index (χ2n) is 1.34. The van der Waals surface area contributed by atoms with Gasteiger partial charge in [-0.3, -0.25) is 4.79 Å². The van der Waals surface area contributed by atoms with E-state index < -0.39 is 5.91 Å². The average Bonchev–Trinajstić information content (AvgIpc) is 2.80. The largest absolute Gasteiger partial charge is 0.459 e. The number of carbonyl (C=O) groups is 1. The van der Waals surface area contributed by atoms with Gasteiger partial charge in [0.15, 0.2) is 5.76 Å². The Morgan fingerprint density at radius 3 is 2.00 bits per heavy atom. The van der Waals surface area contributed by atoms with Gasteiger partial charge in [-0.2, -0.15) is 0 Å². The Labute approximate surface area is 84.0 Å². The molecule has 5 heteroatoms. The third-order valence-corrected chi connectivity index (χ3v) is 0.764. The van der Waals surface area contributed by atoms with Gasteiger partial charge in [0, 0.05) is 0 Å². The van der Waals surface area contributed by atoms with Crippen molar-refractivity contribution >= 4 is 5.91 Å². The predicted molar refractivity (Wildman–Crippen MR) is 55.8 cm³/mol. The molecular weight excluding hydrogens is 184 g/mol. The quantitative estimate of drug-likeness (QED) is 0.474. The zero-order valence-corrected chi connectivity index (χ0v) is 8.56. The van der Waals surface area contributed by atoms with Gasteiger partial charge in [0.1, 0.15) is 0 Å². The Kier molecular flexibility index (Phi) is 22.8. The highest BCUT2D eigenvalue weighted by atomic mass is 16.4. The fourth-order valence-electron chi connectivity index (χ4n) is 0.419. The first kappa shape index (κ1) is 18.2. The van der Waals surface area contributed by atoms with Crippen molar-refractivity contribution in [3.8, 4) is 0 Å². The number of rotatable bonds is 1. The maximum absolute atomic E-state index is 10.2. The van der Waals surface area contributed by atoms with E-state index in [1.54, 1.807) is 6.07 Å². The minimum atomic E-state index is -0.532. The Morgan fingerprint density at radius 1 is 1.43 bits per heavy atom. The number of hydrogen-bond donors (Lipinski definition) is 3. The molecular formula is C9H18N2O3. The van der Waals surface area contributed by atoms with Crippen LogP contribution in [0.1, 0.15) is 24.4 Å². The van der Waals surface area contributed by atoms with Gasteiger partial charge in [-0.15, -0.1) is 13.2 Å². The Morgan fingerprint density at radius 2 is 1.86 bits per heavy atom. The lowest BCUT2D eigenvalue weighted by Gasteiger charge is -1.80. The van der Waals surface area contributed by atoms with Crippen LogP contribution in [0.4, 0.5) is 0 Å². The normalized spacial score (nSPS) is 6.29. The molecule has 0 aliphatic heterocycles. The molecule has 0 fully saturated rings. The van der Waals surface area contributed by atoms with Crippen molar-refractivity contribution in [2.24, 2.45) is 11.6 Å². The van der Waals surface area contributed by atoms with Gasteiger partial charge in [0.05, 0.1) is 6.26 Å². The molecule has 1 rings (SSSR count). The zero-order chi connectivity index (χ0) is 12.0. The van der Waals surface area contributed by atoms with Crippen LogP contribution in [0, 0.1) is 0 Å². The van der Waals surface area contributed by atoms with Crippen molar-refractivity contribution in [3.05, 3.63) is 37.3 Å². The predicted octanol–water partition coefficient (Wildman–Crippen LogP) is 1.54. The summed E-state index contributed by atoms with van der Waals surface area (Å²) in [6.07, 6.45) is 1.40. The number of amides is 1. The smallest absolute Gasteiger partial charge is 0.284 e. The number of hydrogen-bond acceptors (Lipinski definition) is 4. The molecule has 14 heavy (non-hydrogen) atoms. The third-order valence-electron chi connectivity index (χ3n) is 0.764. The second-order valence-corrected chi connectivity index (χ2v) is 1.34. The maximum atomic E-state index is 10.2. The molecule has 0 saturated carbocycles. The van der Waals surface area contributed by atoms with Crippen molar-refractivity contribution in [1.29, 1.82) is 0 Å². The summed E-state index contributed by atoms with van der Waals surface area (Å²) < 4.78 is 4.62. The van der Waals surface area contributed by atoms with Gasteiger partial charge < -0.3 is 15.4 Å². The first-order valence-corrected chi connectivity index (χ1v) is 3.90. The van der Waals surface area contributed by atoms with Gasteiger partial charge in [-0.05, 0) is 12.1 Å². The van der Waals surface area contributed by atoms with Gasteiger partial charge in [-0.1, -0.05) is 13.8 Å². The van der Waals surface area contributed by atoms with Crippen molar-refractivity contribution in [1.82, 2.24) is 0 Å². The summed E-state index contributed by atoms with van der Waals surface area (Å²) in [6, 6.07) is 3.13. The van der Waals surface area contributed by atoms with Crippen LogP contribution in [0.5, 0.6) is 0 Å². The minimum absolute atomic E-state index is 0.199. The lowest BCUT2D eigenvalue weighted by molar-refractivity contribution is 0.0974. The molecule has 0 bridgehead atoms. The Balaban J connectivity index is -0.000000174. The van der Waals surface area contributed by atoms with E-state index >= 15 is 0 Å². The van der Waals surface area contributed by atoms with E-state index in [9.17, 15) is 4.79 Å². The van der Waals surface area contributed by atoms with Crippen LogP contribution in [0.25, 0.3) is 0 Å². The monoisotopic (exact) mass is 202 g/mol. The van der Waals surface area contributed by atoms with Crippen molar-refractivity contribution < 1.29 is 14.4 Å². The molecule has 0 radical (unpaired) electrons.